The summed E-state index contributed by atoms with van der Waals surface area (Å²) in [5, 5.41) is 2.45. The van der Waals surface area contributed by atoms with Crippen molar-refractivity contribution in [1.82, 2.24) is 0 Å². The van der Waals surface area contributed by atoms with Gasteiger partial charge in [-0.2, -0.15) is 0 Å². The van der Waals surface area contributed by atoms with Gasteiger partial charge in [-0.05, 0) is 18.1 Å². The highest BCUT2D eigenvalue weighted by molar-refractivity contribution is 5.98. The minimum atomic E-state index is -0.885. The third-order valence-electron chi connectivity index (χ3n) is 3.26. The predicted molar refractivity (Wildman–Crippen MR) is 78.9 cm³/mol. The van der Waals surface area contributed by atoms with Gasteiger partial charge in [0.25, 0.3) is 0 Å². The summed E-state index contributed by atoms with van der Waals surface area (Å²) in [6.07, 6.45) is 0.554. The van der Waals surface area contributed by atoms with Crippen molar-refractivity contribution in [3.05, 3.63) is 59.7 Å². The zero-order valence-corrected chi connectivity index (χ0v) is 11.6. The van der Waals surface area contributed by atoms with Crippen molar-refractivity contribution < 1.29 is 13.6 Å². The maximum atomic E-state index is 13.7. The standard InChI is InChI=1S/C16H16F2N2O/c1-2-12(10-6-4-3-5-7-10)16(21)20-15-13(18)8-11(17)9-14(15)19/h3-9,12H,2,19H2,1H3,(H,20,21). The molecule has 1 unspecified atom stereocenters. The van der Waals surface area contributed by atoms with Gasteiger partial charge in [-0.25, -0.2) is 8.78 Å². The summed E-state index contributed by atoms with van der Waals surface area (Å²) < 4.78 is 26.7. The van der Waals surface area contributed by atoms with Crippen molar-refractivity contribution in [2.45, 2.75) is 19.3 Å². The van der Waals surface area contributed by atoms with Gasteiger partial charge in [0, 0.05) is 6.07 Å². The number of nitrogen functional groups attached to an aromatic ring is 1. The molecule has 110 valence electrons. The lowest BCUT2D eigenvalue weighted by molar-refractivity contribution is -0.117. The van der Waals surface area contributed by atoms with Crippen LogP contribution in [0.15, 0.2) is 42.5 Å². The fourth-order valence-electron chi connectivity index (χ4n) is 2.19. The summed E-state index contributed by atoms with van der Waals surface area (Å²) in [5.41, 5.74) is 6.07. The Morgan fingerprint density at radius 1 is 1.24 bits per heavy atom. The molecule has 0 fully saturated rings. The van der Waals surface area contributed by atoms with Crippen molar-refractivity contribution in [2.75, 3.05) is 11.1 Å². The lowest BCUT2D eigenvalue weighted by Gasteiger charge is -2.16. The monoisotopic (exact) mass is 290 g/mol. The van der Waals surface area contributed by atoms with E-state index < -0.39 is 17.6 Å². The van der Waals surface area contributed by atoms with E-state index in [1.165, 1.54) is 0 Å². The molecule has 0 aliphatic heterocycles. The molecule has 2 aromatic rings. The van der Waals surface area contributed by atoms with Crippen molar-refractivity contribution >= 4 is 17.3 Å². The lowest BCUT2D eigenvalue weighted by Crippen LogP contribution is -2.22. The number of benzene rings is 2. The van der Waals surface area contributed by atoms with Gasteiger partial charge in [0.2, 0.25) is 5.91 Å². The highest BCUT2D eigenvalue weighted by atomic mass is 19.1. The van der Waals surface area contributed by atoms with Crippen molar-refractivity contribution in [3.8, 4) is 0 Å². The van der Waals surface area contributed by atoms with E-state index in [1.807, 2.05) is 37.3 Å². The molecule has 0 bridgehead atoms. The topological polar surface area (TPSA) is 55.1 Å². The Bertz CT molecular complexity index is 621. The van der Waals surface area contributed by atoms with Gasteiger partial charge in [0.1, 0.15) is 11.5 Å². The first kappa shape index (κ1) is 15.0. The van der Waals surface area contributed by atoms with Crippen LogP contribution in [0.1, 0.15) is 24.8 Å². The van der Waals surface area contributed by atoms with E-state index in [4.69, 9.17) is 5.73 Å². The number of carbonyl (C=O) groups excluding carboxylic acids is 1. The number of nitrogens with one attached hydrogen (secondary N) is 1. The molecule has 0 aromatic heterocycles. The van der Waals surface area contributed by atoms with Crippen LogP contribution in [0.4, 0.5) is 20.2 Å². The largest absolute Gasteiger partial charge is 0.397 e. The van der Waals surface area contributed by atoms with E-state index in [0.29, 0.717) is 12.5 Å². The van der Waals surface area contributed by atoms with Crippen LogP contribution in [0.5, 0.6) is 0 Å². The second-order valence-corrected chi connectivity index (χ2v) is 4.71. The quantitative estimate of drug-likeness (QED) is 0.844. The number of hydrogen-bond acceptors (Lipinski definition) is 2. The van der Waals surface area contributed by atoms with Gasteiger partial charge in [-0.1, -0.05) is 37.3 Å². The molecule has 0 heterocycles. The van der Waals surface area contributed by atoms with Gasteiger partial charge in [0.15, 0.2) is 5.82 Å². The van der Waals surface area contributed by atoms with Crippen LogP contribution in [0.3, 0.4) is 0 Å². The van der Waals surface area contributed by atoms with Crippen LogP contribution in [-0.2, 0) is 4.79 Å². The summed E-state index contributed by atoms with van der Waals surface area (Å²) in [5.74, 6) is -2.46. The SMILES string of the molecule is CCC(C(=O)Nc1c(N)cc(F)cc1F)c1ccccc1. The summed E-state index contributed by atoms with van der Waals surface area (Å²) in [7, 11) is 0. The molecule has 0 saturated heterocycles. The Hall–Kier alpha value is -2.43. The van der Waals surface area contributed by atoms with Crippen LogP contribution in [0, 0.1) is 11.6 Å². The maximum Gasteiger partial charge on any atom is 0.232 e. The molecule has 0 aliphatic carbocycles. The molecule has 3 N–H and O–H groups in total. The summed E-state index contributed by atoms with van der Waals surface area (Å²) >= 11 is 0. The van der Waals surface area contributed by atoms with E-state index in [1.54, 1.807) is 0 Å². The first-order valence-corrected chi connectivity index (χ1v) is 6.63. The smallest absolute Gasteiger partial charge is 0.232 e. The van der Waals surface area contributed by atoms with Crippen molar-refractivity contribution in [1.29, 1.82) is 0 Å². The van der Waals surface area contributed by atoms with Crippen LogP contribution >= 0.6 is 0 Å². The van der Waals surface area contributed by atoms with Crippen molar-refractivity contribution in [3.63, 3.8) is 0 Å². The first-order valence-electron chi connectivity index (χ1n) is 6.63. The second kappa shape index (κ2) is 6.35. The molecular formula is C16H16F2N2O. The van der Waals surface area contributed by atoms with Crippen LogP contribution in [-0.4, -0.2) is 5.91 Å². The second-order valence-electron chi connectivity index (χ2n) is 4.71. The zero-order valence-electron chi connectivity index (χ0n) is 11.6. The number of carbonyl (C=O) groups is 1. The molecule has 2 rings (SSSR count). The Kier molecular flexibility index (Phi) is 4.52. The van der Waals surface area contributed by atoms with Gasteiger partial charge >= 0.3 is 0 Å². The Balaban J connectivity index is 2.25. The van der Waals surface area contributed by atoms with E-state index >= 15 is 0 Å². The Morgan fingerprint density at radius 2 is 1.90 bits per heavy atom. The normalized spacial score (nSPS) is 12.0. The van der Waals surface area contributed by atoms with E-state index in [2.05, 4.69) is 5.32 Å². The van der Waals surface area contributed by atoms with Gasteiger partial charge < -0.3 is 11.1 Å². The summed E-state index contributed by atoms with van der Waals surface area (Å²) in [4.78, 5) is 12.3. The molecule has 3 nitrogen and oxygen atoms in total. The number of halogens is 2. The molecule has 2 aromatic carbocycles. The number of nitrogens with two attached hydrogens (primary N) is 1. The zero-order chi connectivity index (χ0) is 15.4. The van der Waals surface area contributed by atoms with Crippen molar-refractivity contribution in [2.24, 2.45) is 0 Å². The van der Waals surface area contributed by atoms with Gasteiger partial charge in [-0.3, -0.25) is 4.79 Å². The number of rotatable bonds is 4. The molecule has 21 heavy (non-hydrogen) atoms. The first-order chi connectivity index (χ1) is 10.0. The van der Waals surface area contributed by atoms with Crippen LogP contribution in [0.25, 0.3) is 0 Å². The molecule has 1 atom stereocenters. The van der Waals surface area contributed by atoms with Gasteiger partial charge in [0.05, 0.1) is 11.6 Å². The molecule has 1 amide bonds. The third kappa shape index (κ3) is 3.37. The summed E-state index contributed by atoms with van der Waals surface area (Å²) in [6, 6.07) is 10.8. The van der Waals surface area contributed by atoms with Crippen LogP contribution < -0.4 is 11.1 Å². The van der Waals surface area contributed by atoms with Crippen LogP contribution in [0.2, 0.25) is 0 Å². The average molecular weight is 290 g/mol. The third-order valence-corrected chi connectivity index (χ3v) is 3.26. The van der Waals surface area contributed by atoms with E-state index in [9.17, 15) is 13.6 Å². The highest BCUT2D eigenvalue weighted by Crippen LogP contribution is 2.27. The minimum absolute atomic E-state index is 0.135. The van der Waals surface area contributed by atoms with E-state index in [0.717, 1.165) is 11.6 Å². The maximum absolute atomic E-state index is 13.7. The Morgan fingerprint density at radius 3 is 2.48 bits per heavy atom. The minimum Gasteiger partial charge on any atom is -0.397 e. The Labute approximate surface area is 121 Å². The molecule has 0 spiro atoms. The molecule has 0 radical (unpaired) electrons. The fraction of sp³-hybridized carbons (Fsp3) is 0.188. The number of amides is 1. The number of hydrogen-bond donors (Lipinski definition) is 2. The molecule has 0 saturated carbocycles. The number of anilines is 2. The average Bonchev–Trinajstić information content (AvgIpc) is 2.45. The summed E-state index contributed by atoms with van der Waals surface area (Å²) in [6.45, 7) is 1.86. The predicted octanol–water partition coefficient (Wildman–Crippen LogP) is 3.68. The highest BCUT2D eigenvalue weighted by Gasteiger charge is 2.21. The van der Waals surface area contributed by atoms with E-state index in [-0.39, 0.29) is 17.3 Å². The molecule has 0 aliphatic rings. The molecule has 5 heteroatoms. The fourth-order valence-corrected chi connectivity index (χ4v) is 2.19. The lowest BCUT2D eigenvalue weighted by atomic mass is 9.95. The molecular weight excluding hydrogens is 274 g/mol. The van der Waals surface area contributed by atoms with Gasteiger partial charge in [-0.15, -0.1) is 0 Å².